The van der Waals surface area contributed by atoms with Crippen molar-refractivity contribution in [2.75, 3.05) is 0 Å². The van der Waals surface area contributed by atoms with Gasteiger partial charge >= 0.3 is 0 Å². The molecule has 0 saturated heterocycles. The van der Waals surface area contributed by atoms with Crippen molar-refractivity contribution in [3.8, 4) is 0 Å². The van der Waals surface area contributed by atoms with Crippen molar-refractivity contribution >= 4 is 0 Å². The molecule has 0 saturated carbocycles. The maximum absolute atomic E-state index is 3.62. The number of rotatable bonds is 3. The number of nitrogens with one attached hydrogen (secondary N) is 2. The second kappa shape index (κ2) is 4.14. The van der Waals surface area contributed by atoms with Crippen LogP contribution in [0.2, 0.25) is 0 Å². The Morgan fingerprint density at radius 3 is 3.06 bits per heavy atom. The summed E-state index contributed by atoms with van der Waals surface area (Å²) >= 11 is 0. The molecule has 0 aliphatic heterocycles. The summed E-state index contributed by atoms with van der Waals surface area (Å²) < 4.78 is 0. The minimum atomic E-state index is 0.533. The molecular weight excluding hydrogens is 196 g/mol. The number of H-pyrrole nitrogens is 1. The van der Waals surface area contributed by atoms with Gasteiger partial charge in [0.15, 0.2) is 0 Å². The summed E-state index contributed by atoms with van der Waals surface area (Å²) in [5.41, 5.74) is 4.32. The van der Waals surface area contributed by atoms with Crippen molar-refractivity contribution in [2.45, 2.75) is 25.4 Å². The molecule has 1 aromatic heterocycles. The zero-order valence-corrected chi connectivity index (χ0v) is 9.24. The SMILES string of the molecule is c1ccc2c(c1)CCC2NCc1cc[nH]c1. The molecule has 2 aromatic rings. The lowest BCUT2D eigenvalue weighted by molar-refractivity contribution is 0.530. The highest BCUT2D eigenvalue weighted by Crippen LogP contribution is 2.30. The molecule has 2 nitrogen and oxygen atoms in total. The molecule has 1 heterocycles. The molecule has 16 heavy (non-hydrogen) atoms. The van der Waals surface area contributed by atoms with Gasteiger partial charge in [-0.2, -0.15) is 0 Å². The van der Waals surface area contributed by atoms with E-state index in [1.54, 1.807) is 0 Å². The normalized spacial score (nSPS) is 18.6. The first kappa shape index (κ1) is 9.67. The van der Waals surface area contributed by atoms with Gasteiger partial charge in [-0.25, -0.2) is 0 Å². The van der Waals surface area contributed by atoms with E-state index >= 15 is 0 Å². The van der Waals surface area contributed by atoms with Crippen molar-refractivity contribution in [1.29, 1.82) is 0 Å². The number of hydrogen-bond acceptors (Lipinski definition) is 1. The molecule has 1 aromatic carbocycles. The van der Waals surface area contributed by atoms with Gasteiger partial charge in [-0.05, 0) is 35.6 Å². The summed E-state index contributed by atoms with van der Waals surface area (Å²) in [4.78, 5) is 3.08. The van der Waals surface area contributed by atoms with Gasteiger partial charge in [-0.3, -0.25) is 0 Å². The van der Waals surface area contributed by atoms with Gasteiger partial charge < -0.3 is 10.3 Å². The molecule has 1 aliphatic rings. The molecule has 2 heteroatoms. The van der Waals surface area contributed by atoms with Gasteiger partial charge in [-0.1, -0.05) is 24.3 Å². The first-order valence-corrected chi connectivity index (χ1v) is 5.86. The highest BCUT2D eigenvalue weighted by Gasteiger charge is 2.20. The van der Waals surface area contributed by atoms with E-state index in [-0.39, 0.29) is 0 Å². The fraction of sp³-hybridized carbons (Fsp3) is 0.286. The van der Waals surface area contributed by atoms with Crippen molar-refractivity contribution in [2.24, 2.45) is 0 Å². The zero-order chi connectivity index (χ0) is 10.8. The van der Waals surface area contributed by atoms with E-state index in [4.69, 9.17) is 0 Å². The lowest BCUT2D eigenvalue weighted by Crippen LogP contribution is -2.18. The number of fused-ring (bicyclic) bond motifs is 1. The molecule has 82 valence electrons. The van der Waals surface area contributed by atoms with Crippen LogP contribution >= 0.6 is 0 Å². The van der Waals surface area contributed by atoms with Gasteiger partial charge in [0, 0.05) is 25.0 Å². The predicted molar refractivity (Wildman–Crippen MR) is 65.1 cm³/mol. The van der Waals surface area contributed by atoms with Gasteiger partial charge in [0.25, 0.3) is 0 Å². The first-order valence-electron chi connectivity index (χ1n) is 5.86. The van der Waals surface area contributed by atoms with Crippen LogP contribution in [0.15, 0.2) is 42.7 Å². The molecule has 0 bridgehead atoms. The summed E-state index contributed by atoms with van der Waals surface area (Å²) in [6.45, 7) is 0.947. The van der Waals surface area contributed by atoms with Crippen molar-refractivity contribution in [3.63, 3.8) is 0 Å². The van der Waals surface area contributed by atoms with E-state index in [1.807, 2.05) is 12.4 Å². The van der Waals surface area contributed by atoms with Crippen molar-refractivity contribution in [1.82, 2.24) is 10.3 Å². The molecule has 1 atom stereocenters. The smallest absolute Gasteiger partial charge is 0.0329 e. The summed E-state index contributed by atoms with van der Waals surface area (Å²) in [7, 11) is 0. The maximum Gasteiger partial charge on any atom is 0.0329 e. The van der Waals surface area contributed by atoms with E-state index in [9.17, 15) is 0 Å². The summed E-state index contributed by atoms with van der Waals surface area (Å²) in [6.07, 6.45) is 6.46. The first-order chi connectivity index (χ1) is 7.93. The lowest BCUT2D eigenvalue weighted by Gasteiger charge is -2.13. The van der Waals surface area contributed by atoms with Crippen LogP contribution in [0, 0.1) is 0 Å². The predicted octanol–water partition coefficient (Wildman–Crippen LogP) is 2.79. The fourth-order valence-electron chi connectivity index (χ4n) is 2.48. The Morgan fingerprint density at radius 2 is 2.19 bits per heavy atom. The van der Waals surface area contributed by atoms with Crippen LogP contribution in [0.1, 0.15) is 29.2 Å². The minimum absolute atomic E-state index is 0.533. The number of aryl methyl sites for hydroxylation is 1. The summed E-state index contributed by atoms with van der Waals surface area (Å²) in [5, 5.41) is 3.62. The van der Waals surface area contributed by atoms with Crippen LogP contribution in [-0.2, 0) is 13.0 Å². The third-order valence-electron chi connectivity index (χ3n) is 3.35. The molecule has 3 rings (SSSR count). The molecular formula is C14H16N2. The van der Waals surface area contributed by atoms with Crippen molar-refractivity contribution < 1.29 is 0 Å². The highest BCUT2D eigenvalue weighted by atomic mass is 14.9. The van der Waals surface area contributed by atoms with Crippen LogP contribution in [0.3, 0.4) is 0 Å². The van der Waals surface area contributed by atoms with Gasteiger partial charge in [0.1, 0.15) is 0 Å². The van der Waals surface area contributed by atoms with Crippen LogP contribution in [0.5, 0.6) is 0 Å². The number of benzene rings is 1. The number of aromatic amines is 1. The van der Waals surface area contributed by atoms with Crippen LogP contribution < -0.4 is 5.32 Å². The number of hydrogen-bond donors (Lipinski definition) is 2. The molecule has 1 unspecified atom stereocenters. The van der Waals surface area contributed by atoms with Crippen LogP contribution in [-0.4, -0.2) is 4.98 Å². The molecule has 0 amide bonds. The monoisotopic (exact) mass is 212 g/mol. The Kier molecular flexibility index (Phi) is 2.50. The van der Waals surface area contributed by atoms with E-state index < -0.39 is 0 Å². The lowest BCUT2D eigenvalue weighted by atomic mass is 10.1. The third kappa shape index (κ3) is 1.76. The Hall–Kier alpha value is -1.54. The van der Waals surface area contributed by atoms with Crippen molar-refractivity contribution in [3.05, 3.63) is 59.4 Å². The molecule has 0 spiro atoms. The maximum atomic E-state index is 3.62. The quantitative estimate of drug-likeness (QED) is 0.804. The second-order valence-electron chi connectivity index (χ2n) is 4.39. The largest absolute Gasteiger partial charge is 0.367 e. The standard InChI is InChI=1S/C14H16N2/c1-2-4-13-12(3-1)5-6-14(13)16-10-11-7-8-15-9-11/h1-4,7-9,14-16H,5-6,10H2. The molecule has 1 aliphatic carbocycles. The Morgan fingerprint density at radius 1 is 1.25 bits per heavy atom. The Bertz CT molecular complexity index is 459. The fourth-order valence-corrected chi connectivity index (χ4v) is 2.48. The van der Waals surface area contributed by atoms with E-state index in [0.29, 0.717) is 6.04 Å². The average Bonchev–Trinajstić information content (AvgIpc) is 2.96. The number of aromatic nitrogens is 1. The molecule has 2 N–H and O–H groups in total. The highest BCUT2D eigenvalue weighted by molar-refractivity contribution is 5.34. The third-order valence-corrected chi connectivity index (χ3v) is 3.35. The molecule has 0 radical (unpaired) electrons. The molecule has 0 fully saturated rings. The second-order valence-corrected chi connectivity index (χ2v) is 4.39. The summed E-state index contributed by atoms with van der Waals surface area (Å²) in [6, 6.07) is 11.4. The van der Waals surface area contributed by atoms with Crippen LogP contribution in [0.25, 0.3) is 0 Å². The van der Waals surface area contributed by atoms with Gasteiger partial charge in [0.2, 0.25) is 0 Å². The zero-order valence-electron chi connectivity index (χ0n) is 9.24. The van der Waals surface area contributed by atoms with E-state index in [1.165, 1.54) is 29.5 Å². The minimum Gasteiger partial charge on any atom is -0.367 e. The van der Waals surface area contributed by atoms with Gasteiger partial charge in [0.05, 0.1) is 0 Å². The van der Waals surface area contributed by atoms with Gasteiger partial charge in [-0.15, -0.1) is 0 Å². The topological polar surface area (TPSA) is 27.8 Å². The van der Waals surface area contributed by atoms with Crippen LogP contribution in [0.4, 0.5) is 0 Å². The van der Waals surface area contributed by atoms with E-state index in [0.717, 1.165) is 6.54 Å². The average molecular weight is 212 g/mol. The Balaban J connectivity index is 1.69. The summed E-state index contributed by atoms with van der Waals surface area (Å²) in [5.74, 6) is 0. The Labute approximate surface area is 95.7 Å². The van der Waals surface area contributed by atoms with E-state index in [2.05, 4.69) is 40.6 Å².